The standard InChI is InChI=1S/C26H28N4O5/c1-17(31)27-21-10-8-19(9-11-21)25-28-26(35-29-25)20-5-4-14-30(16-20)24(32)13-7-18-6-12-22(33-2)23(15-18)34-3/h6-13,15,20H,4-5,14,16H2,1-3H3,(H,27,31)/b13-7+/t20-/m1/s1. The molecular formula is C26H28N4O5. The van der Waals surface area contributed by atoms with Crippen LogP contribution in [-0.2, 0) is 9.59 Å². The van der Waals surface area contributed by atoms with Gasteiger partial charge in [0.05, 0.1) is 20.1 Å². The van der Waals surface area contributed by atoms with E-state index >= 15 is 0 Å². The van der Waals surface area contributed by atoms with Crippen LogP contribution < -0.4 is 14.8 Å². The van der Waals surface area contributed by atoms with Crippen molar-refractivity contribution in [2.45, 2.75) is 25.7 Å². The van der Waals surface area contributed by atoms with Gasteiger partial charge in [-0.3, -0.25) is 9.59 Å². The molecule has 1 aliphatic rings. The average molecular weight is 477 g/mol. The number of ether oxygens (including phenoxy) is 2. The zero-order valence-corrected chi connectivity index (χ0v) is 20.0. The van der Waals surface area contributed by atoms with Crippen molar-refractivity contribution in [2.75, 3.05) is 32.6 Å². The first-order valence-electron chi connectivity index (χ1n) is 11.4. The third kappa shape index (κ3) is 5.87. The predicted molar refractivity (Wildman–Crippen MR) is 131 cm³/mol. The lowest BCUT2D eigenvalue weighted by molar-refractivity contribution is -0.127. The first-order valence-corrected chi connectivity index (χ1v) is 11.4. The summed E-state index contributed by atoms with van der Waals surface area (Å²) in [6, 6.07) is 12.7. The van der Waals surface area contributed by atoms with Crippen molar-refractivity contribution in [3.05, 3.63) is 60.0 Å². The van der Waals surface area contributed by atoms with Gasteiger partial charge >= 0.3 is 0 Å². The van der Waals surface area contributed by atoms with E-state index in [9.17, 15) is 9.59 Å². The van der Waals surface area contributed by atoms with E-state index in [0.29, 0.717) is 42.0 Å². The summed E-state index contributed by atoms with van der Waals surface area (Å²) in [6.45, 7) is 2.65. The fraction of sp³-hybridized carbons (Fsp3) is 0.308. The summed E-state index contributed by atoms with van der Waals surface area (Å²) in [5, 5.41) is 6.84. The van der Waals surface area contributed by atoms with Crippen LogP contribution in [-0.4, -0.2) is 54.2 Å². The zero-order chi connectivity index (χ0) is 24.8. The van der Waals surface area contributed by atoms with Gasteiger partial charge in [0, 0.05) is 37.3 Å². The molecule has 2 amide bonds. The molecule has 0 saturated carbocycles. The second-order valence-corrected chi connectivity index (χ2v) is 8.29. The van der Waals surface area contributed by atoms with E-state index in [0.717, 1.165) is 24.0 Å². The van der Waals surface area contributed by atoms with Crippen LogP contribution in [0.15, 0.2) is 53.1 Å². The predicted octanol–water partition coefficient (Wildman–Crippen LogP) is 4.13. The molecule has 1 saturated heterocycles. The van der Waals surface area contributed by atoms with Gasteiger partial charge in [-0.1, -0.05) is 11.2 Å². The monoisotopic (exact) mass is 476 g/mol. The van der Waals surface area contributed by atoms with Crippen molar-refractivity contribution in [1.82, 2.24) is 15.0 Å². The molecule has 1 N–H and O–H groups in total. The number of amides is 2. The number of hydrogen-bond acceptors (Lipinski definition) is 7. The summed E-state index contributed by atoms with van der Waals surface area (Å²) < 4.78 is 16.1. The van der Waals surface area contributed by atoms with E-state index in [2.05, 4.69) is 15.5 Å². The molecule has 0 bridgehead atoms. The lowest BCUT2D eigenvalue weighted by atomic mass is 9.98. The van der Waals surface area contributed by atoms with Crippen molar-refractivity contribution in [2.24, 2.45) is 0 Å². The maximum atomic E-state index is 12.8. The highest BCUT2D eigenvalue weighted by Gasteiger charge is 2.28. The van der Waals surface area contributed by atoms with Gasteiger partial charge in [0.1, 0.15) is 0 Å². The number of nitrogens with zero attached hydrogens (tertiary/aromatic N) is 3. The van der Waals surface area contributed by atoms with Crippen molar-refractivity contribution in [3.63, 3.8) is 0 Å². The first-order chi connectivity index (χ1) is 17.0. The van der Waals surface area contributed by atoms with E-state index < -0.39 is 0 Å². The molecule has 2 heterocycles. The van der Waals surface area contributed by atoms with E-state index in [4.69, 9.17) is 14.0 Å². The Morgan fingerprint density at radius 2 is 1.89 bits per heavy atom. The van der Waals surface area contributed by atoms with Gasteiger partial charge in [0.15, 0.2) is 11.5 Å². The summed E-state index contributed by atoms with van der Waals surface area (Å²) in [5.74, 6) is 2.02. The molecule has 0 unspecified atom stereocenters. The second kappa shape index (κ2) is 10.9. The van der Waals surface area contributed by atoms with Crippen molar-refractivity contribution in [1.29, 1.82) is 0 Å². The molecular weight excluding hydrogens is 448 g/mol. The quantitative estimate of drug-likeness (QED) is 0.511. The fourth-order valence-electron chi connectivity index (χ4n) is 4.03. The normalized spacial score (nSPS) is 15.7. The molecule has 35 heavy (non-hydrogen) atoms. The van der Waals surface area contributed by atoms with E-state index in [1.807, 2.05) is 24.3 Å². The van der Waals surface area contributed by atoms with Crippen molar-refractivity contribution < 1.29 is 23.6 Å². The number of nitrogens with one attached hydrogen (secondary N) is 1. The summed E-state index contributed by atoms with van der Waals surface area (Å²) in [7, 11) is 3.16. The number of hydrogen-bond donors (Lipinski definition) is 1. The second-order valence-electron chi connectivity index (χ2n) is 8.29. The summed E-state index contributed by atoms with van der Waals surface area (Å²) in [4.78, 5) is 30.4. The summed E-state index contributed by atoms with van der Waals surface area (Å²) in [5.41, 5.74) is 2.33. The fourth-order valence-corrected chi connectivity index (χ4v) is 4.03. The molecule has 1 aromatic heterocycles. The minimum absolute atomic E-state index is 0.0258. The van der Waals surface area contributed by atoms with Crippen molar-refractivity contribution in [3.8, 4) is 22.9 Å². The Kier molecular flexibility index (Phi) is 7.45. The zero-order valence-electron chi connectivity index (χ0n) is 20.0. The van der Waals surface area contributed by atoms with Crippen LogP contribution in [0, 0.1) is 0 Å². The van der Waals surface area contributed by atoms with E-state index in [-0.39, 0.29) is 17.7 Å². The van der Waals surface area contributed by atoms with Crippen LogP contribution in [0.5, 0.6) is 11.5 Å². The highest BCUT2D eigenvalue weighted by atomic mass is 16.5. The molecule has 1 atom stereocenters. The number of benzene rings is 2. The van der Waals surface area contributed by atoms with Gasteiger partial charge in [0.25, 0.3) is 0 Å². The van der Waals surface area contributed by atoms with E-state index in [1.165, 1.54) is 6.92 Å². The molecule has 4 rings (SSSR count). The van der Waals surface area contributed by atoms with Gasteiger partial charge < -0.3 is 24.2 Å². The van der Waals surface area contributed by atoms with Crippen LogP contribution in [0.1, 0.15) is 37.1 Å². The van der Waals surface area contributed by atoms with Crippen molar-refractivity contribution >= 4 is 23.6 Å². The molecule has 0 spiro atoms. The topological polar surface area (TPSA) is 107 Å². The molecule has 9 nitrogen and oxygen atoms in total. The Morgan fingerprint density at radius 3 is 2.60 bits per heavy atom. The molecule has 182 valence electrons. The molecule has 1 aliphatic heterocycles. The number of carbonyl (C=O) groups excluding carboxylic acids is 2. The molecule has 9 heteroatoms. The number of carbonyl (C=O) groups is 2. The minimum Gasteiger partial charge on any atom is -0.493 e. The van der Waals surface area contributed by atoms with E-state index in [1.54, 1.807) is 49.5 Å². The number of anilines is 1. The third-order valence-corrected chi connectivity index (χ3v) is 5.81. The number of aromatic nitrogens is 2. The first kappa shape index (κ1) is 24.0. The summed E-state index contributed by atoms with van der Waals surface area (Å²) >= 11 is 0. The maximum absolute atomic E-state index is 12.8. The van der Waals surface area contributed by atoms with Gasteiger partial charge in [-0.25, -0.2) is 0 Å². The Balaban J connectivity index is 1.40. The highest BCUT2D eigenvalue weighted by Crippen LogP contribution is 2.29. The third-order valence-electron chi connectivity index (χ3n) is 5.81. The van der Waals surface area contributed by atoms with Gasteiger partial charge in [-0.2, -0.15) is 4.98 Å². The lowest BCUT2D eigenvalue weighted by Crippen LogP contribution is -2.38. The van der Waals surface area contributed by atoms with Gasteiger partial charge in [-0.15, -0.1) is 0 Å². The van der Waals surface area contributed by atoms with Crippen LogP contribution in [0.4, 0.5) is 5.69 Å². The van der Waals surface area contributed by atoms with Crippen LogP contribution in [0.2, 0.25) is 0 Å². The Bertz CT molecular complexity index is 1220. The van der Waals surface area contributed by atoms with Gasteiger partial charge in [-0.05, 0) is 60.9 Å². The number of methoxy groups -OCH3 is 2. The number of piperidine rings is 1. The van der Waals surface area contributed by atoms with Gasteiger partial charge in [0.2, 0.25) is 23.5 Å². The smallest absolute Gasteiger partial charge is 0.246 e. The number of rotatable bonds is 7. The number of likely N-dealkylation sites (tertiary alicyclic amines) is 1. The molecule has 1 fully saturated rings. The summed E-state index contributed by atoms with van der Waals surface area (Å²) in [6.07, 6.45) is 5.05. The molecule has 0 aliphatic carbocycles. The molecule has 0 radical (unpaired) electrons. The highest BCUT2D eigenvalue weighted by molar-refractivity contribution is 5.92. The Hall–Kier alpha value is -4.14. The largest absolute Gasteiger partial charge is 0.493 e. The maximum Gasteiger partial charge on any atom is 0.246 e. The SMILES string of the molecule is COc1ccc(/C=C/C(=O)N2CCC[C@@H](c3nc(-c4ccc(NC(C)=O)cc4)no3)C2)cc1OC. The van der Waals surface area contributed by atoms with Crippen LogP contribution in [0.25, 0.3) is 17.5 Å². The molecule has 2 aromatic carbocycles. The van der Waals surface area contributed by atoms with Crippen LogP contribution >= 0.6 is 0 Å². The minimum atomic E-state index is -0.130. The lowest BCUT2D eigenvalue weighted by Gasteiger charge is -2.30. The Morgan fingerprint density at radius 1 is 1.11 bits per heavy atom. The average Bonchev–Trinajstić information content (AvgIpc) is 3.37. The Labute approximate surface area is 203 Å². The molecule has 3 aromatic rings. The van der Waals surface area contributed by atoms with Crippen LogP contribution in [0.3, 0.4) is 0 Å².